The number of rotatable bonds is 4. The molecule has 10 heteroatoms. The van der Waals surface area contributed by atoms with Crippen LogP contribution >= 0.6 is 11.6 Å². The van der Waals surface area contributed by atoms with Crippen molar-refractivity contribution >= 4 is 27.5 Å². The maximum absolute atomic E-state index is 12.5. The summed E-state index contributed by atoms with van der Waals surface area (Å²) >= 11 is 6.11. The summed E-state index contributed by atoms with van der Waals surface area (Å²) in [7, 11) is 1.12. The minimum atomic E-state index is -3.45. The van der Waals surface area contributed by atoms with Crippen molar-refractivity contribution < 1.29 is 18.3 Å². The molecule has 0 radical (unpaired) electrons. The minimum Gasteiger partial charge on any atom is -0.391 e. The molecule has 130 valence electrons. The van der Waals surface area contributed by atoms with Gasteiger partial charge in [-0.25, -0.2) is 12.7 Å². The van der Waals surface area contributed by atoms with Crippen molar-refractivity contribution in [3.05, 3.63) is 16.4 Å². The van der Waals surface area contributed by atoms with E-state index < -0.39 is 28.0 Å². The summed E-state index contributed by atoms with van der Waals surface area (Å²) in [6.45, 7) is 1.97. The highest BCUT2D eigenvalue weighted by atomic mass is 35.5. The van der Waals surface area contributed by atoms with Gasteiger partial charge in [-0.05, 0) is 6.92 Å². The van der Waals surface area contributed by atoms with Crippen LogP contribution in [0.2, 0.25) is 5.02 Å². The first-order valence-electron chi connectivity index (χ1n) is 7.11. The van der Waals surface area contributed by atoms with Crippen molar-refractivity contribution in [3.8, 4) is 0 Å². The van der Waals surface area contributed by atoms with E-state index in [-0.39, 0.29) is 29.6 Å². The van der Waals surface area contributed by atoms with Gasteiger partial charge in [0, 0.05) is 40.2 Å². The predicted octanol–water partition coefficient (Wildman–Crippen LogP) is -0.294. The molecule has 1 aliphatic heterocycles. The van der Waals surface area contributed by atoms with Gasteiger partial charge in [0.05, 0.1) is 22.6 Å². The number of likely N-dealkylation sites (tertiary alicyclic amines) is 1. The van der Waals surface area contributed by atoms with Crippen LogP contribution < -0.4 is 0 Å². The molecular formula is C13H21ClN4O4S. The molecule has 2 atom stereocenters. The normalized spacial score (nSPS) is 22.1. The first-order valence-corrected chi connectivity index (χ1v) is 9.10. The zero-order valence-corrected chi connectivity index (χ0v) is 15.1. The van der Waals surface area contributed by atoms with E-state index in [1.807, 2.05) is 0 Å². The zero-order chi connectivity index (χ0) is 17.5. The highest BCUT2D eigenvalue weighted by molar-refractivity contribution is 7.89. The van der Waals surface area contributed by atoms with E-state index in [0.29, 0.717) is 5.69 Å². The Morgan fingerprint density at radius 3 is 2.52 bits per heavy atom. The molecule has 1 amide bonds. The lowest BCUT2D eigenvalue weighted by Gasteiger charge is -2.17. The first kappa shape index (κ1) is 18.2. The lowest BCUT2D eigenvalue weighted by atomic mass is 10.1. The smallest absolute Gasteiger partial charge is 0.276 e. The molecule has 0 bridgehead atoms. The van der Waals surface area contributed by atoms with Crippen molar-refractivity contribution in [1.29, 1.82) is 0 Å². The van der Waals surface area contributed by atoms with Gasteiger partial charge in [-0.15, -0.1) is 0 Å². The average molecular weight is 365 g/mol. The number of carbonyl (C=O) groups excluding carboxylic acids is 1. The summed E-state index contributed by atoms with van der Waals surface area (Å²) in [4.78, 5) is 13.9. The summed E-state index contributed by atoms with van der Waals surface area (Å²) in [6.07, 6.45) is -0.891. The fourth-order valence-electron chi connectivity index (χ4n) is 2.47. The van der Waals surface area contributed by atoms with Gasteiger partial charge in [-0.3, -0.25) is 9.48 Å². The van der Waals surface area contributed by atoms with Gasteiger partial charge < -0.3 is 10.0 Å². The molecule has 1 saturated heterocycles. The number of aromatic nitrogens is 2. The topological polar surface area (TPSA) is 95.7 Å². The van der Waals surface area contributed by atoms with Crippen molar-refractivity contribution in [2.45, 2.75) is 13.0 Å². The van der Waals surface area contributed by atoms with E-state index in [1.54, 1.807) is 14.0 Å². The highest BCUT2D eigenvalue weighted by Gasteiger charge is 2.38. The van der Waals surface area contributed by atoms with E-state index in [9.17, 15) is 18.3 Å². The van der Waals surface area contributed by atoms with Crippen LogP contribution in [0.5, 0.6) is 0 Å². The number of hydrogen-bond donors (Lipinski definition) is 1. The SMILES string of the molecule is Cc1c(Cl)c(C(=O)N2C[C@@H](CS(=O)(=O)N(C)C)[C@H](O)C2)nn1C. The highest BCUT2D eigenvalue weighted by Crippen LogP contribution is 2.25. The van der Waals surface area contributed by atoms with Gasteiger partial charge >= 0.3 is 0 Å². The summed E-state index contributed by atoms with van der Waals surface area (Å²) in [5.41, 5.74) is 0.788. The Bertz CT molecular complexity index is 716. The summed E-state index contributed by atoms with van der Waals surface area (Å²) in [5.74, 6) is -1.14. The molecule has 23 heavy (non-hydrogen) atoms. The standard InChI is InChI=1S/C13H21ClN4O4S/c1-8-11(14)12(15-17(8)4)13(20)18-5-9(10(19)6-18)7-23(21,22)16(2)3/h9-10,19H,5-7H2,1-4H3/t9-,10+/m0/s1. The van der Waals surface area contributed by atoms with Crippen molar-refractivity contribution in [3.63, 3.8) is 0 Å². The summed E-state index contributed by atoms with van der Waals surface area (Å²) < 4.78 is 26.5. The Balaban J connectivity index is 2.15. The van der Waals surface area contributed by atoms with Crippen LogP contribution in [0.25, 0.3) is 0 Å². The van der Waals surface area contributed by atoms with Gasteiger partial charge in [-0.2, -0.15) is 5.10 Å². The van der Waals surface area contributed by atoms with E-state index in [2.05, 4.69) is 5.10 Å². The number of aliphatic hydroxyl groups excluding tert-OH is 1. The van der Waals surface area contributed by atoms with Crippen molar-refractivity contribution in [2.24, 2.45) is 13.0 Å². The molecule has 0 aromatic carbocycles. The van der Waals surface area contributed by atoms with Crippen LogP contribution in [-0.4, -0.2) is 77.5 Å². The molecule has 2 heterocycles. The molecule has 0 saturated carbocycles. The van der Waals surface area contributed by atoms with Crippen LogP contribution in [0.3, 0.4) is 0 Å². The van der Waals surface area contributed by atoms with Gasteiger partial charge in [0.2, 0.25) is 10.0 Å². The first-order chi connectivity index (χ1) is 10.5. The quantitative estimate of drug-likeness (QED) is 0.791. The molecule has 2 rings (SSSR count). The van der Waals surface area contributed by atoms with Crippen LogP contribution in [0.15, 0.2) is 0 Å². The van der Waals surface area contributed by atoms with Gasteiger partial charge in [0.1, 0.15) is 0 Å². The fourth-order valence-corrected chi connectivity index (χ4v) is 3.88. The number of amides is 1. The number of aryl methyl sites for hydroxylation is 1. The molecule has 0 aliphatic carbocycles. The van der Waals surface area contributed by atoms with Gasteiger partial charge in [0.25, 0.3) is 5.91 Å². The maximum Gasteiger partial charge on any atom is 0.276 e. The van der Waals surface area contributed by atoms with Crippen LogP contribution in [0, 0.1) is 12.8 Å². The second kappa shape index (κ2) is 6.39. The minimum absolute atomic E-state index is 0.0679. The third kappa shape index (κ3) is 3.52. The molecule has 1 aliphatic rings. The van der Waals surface area contributed by atoms with Crippen molar-refractivity contribution in [2.75, 3.05) is 32.9 Å². The van der Waals surface area contributed by atoms with Gasteiger partial charge in [-0.1, -0.05) is 11.6 Å². The lowest BCUT2D eigenvalue weighted by Crippen LogP contribution is -2.33. The molecule has 0 unspecified atom stereocenters. The summed E-state index contributed by atoms with van der Waals surface area (Å²) in [6, 6.07) is 0. The van der Waals surface area contributed by atoms with E-state index >= 15 is 0 Å². The maximum atomic E-state index is 12.5. The average Bonchev–Trinajstić information content (AvgIpc) is 2.93. The zero-order valence-electron chi connectivity index (χ0n) is 13.5. The third-order valence-electron chi connectivity index (χ3n) is 4.14. The second-order valence-corrected chi connectivity index (χ2v) is 8.58. The molecule has 1 fully saturated rings. The Labute approximate surface area is 140 Å². The number of hydrogen-bond acceptors (Lipinski definition) is 5. The van der Waals surface area contributed by atoms with Crippen LogP contribution in [0.4, 0.5) is 0 Å². The largest absolute Gasteiger partial charge is 0.391 e. The Hall–Kier alpha value is -1.16. The number of aliphatic hydroxyl groups is 1. The molecule has 1 N–H and O–H groups in total. The molecule has 0 spiro atoms. The van der Waals surface area contributed by atoms with Crippen molar-refractivity contribution in [1.82, 2.24) is 19.0 Å². The van der Waals surface area contributed by atoms with E-state index in [4.69, 9.17) is 11.6 Å². The third-order valence-corrected chi connectivity index (χ3v) is 6.55. The monoisotopic (exact) mass is 364 g/mol. The fraction of sp³-hybridized carbons (Fsp3) is 0.692. The number of halogens is 1. The van der Waals surface area contributed by atoms with E-state index in [0.717, 1.165) is 4.31 Å². The predicted molar refractivity (Wildman–Crippen MR) is 85.8 cm³/mol. The Morgan fingerprint density at radius 1 is 1.43 bits per heavy atom. The van der Waals surface area contributed by atoms with Gasteiger partial charge in [0.15, 0.2) is 5.69 Å². The van der Waals surface area contributed by atoms with Crippen LogP contribution in [0.1, 0.15) is 16.2 Å². The number of nitrogens with zero attached hydrogens (tertiary/aromatic N) is 4. The van der Waals surface area contributed by atoms with E-state index in [1.165, 1.54) is 23.7 Å². The molecular weight excluding hydrogens is 344 g/mol. The molecule has 1 aromatic rings. The number of carbonyl (C=O) groups is 1. The second-order valence-electron chi connectivity index (χ2n) is 5.97. The lowest BCUT2D eigenvalue weighted by molar-refractivity contribution is 0.0758. The Morgan fingerprint density at radius 2 is 2.04 bits per heavy atom. The number of sulfonamides is 1. The Kier molecular flexibility index (Phi) is 5.05. The summed E-state index contributed by atoms with van der Waals surface area (Å²) in [5, 5.41) is 14.5. The van der Waals surface area contributed by atoms with Crippen LogP contribution in [-0.2, 0) is 17.1 Å². The number of β-amino-alcohol motifs (C(OH)–C–C–N with tert-alkyl or cyclic N) is 1. The molecule has 1 aromatic heterocycles. The molecule has 8 nitrogen and oxygen atoms in total.